The average Bonchev–Trinajstić information content (AvgIpc) is 2.40. The third-order valence-electron chi connectivity index (χ3n) is 3.00. The summed E-state index contributed by atoms with van der Waals surface area (Å²) in [4.78, 5) is 4.15. The molecule has 2 rings (SSSR count). The molecule has 19 heavy (non-hydrogen) atoms. The number of hydrogen-bond donors (Lipinski definition) is 1. The van der Waals surface area contributed by atoms with Gasteiger partial charge in [-0.1, -0.05) is 13.8 Å². The van der Waals surface area contributed by atoms with Gasteiger partial charge in [0, 0.05) is 12.2 Å². The maximum Gasteiger partial charge on any atom is 0.137 e. The van der Waals surface area contributed by atoms with Crippen LogP contribution >= 0.6 is 0 Å². The Hall–Kier alpha value is -1.16. The zero-order valence-corrected chi connectivity index (χ0v) is 12.0. The van der Waals surface area contributed by atoms with E-state index in [0.29, 0.717) is 19.1 Å². The molecule has 1 aliphatic rings. The molecule has 3 nitrogen and oxygen atoms in total. The highest BCUT2D eigenvalue weighted by Crippen LogP contribution is 2.14. The number of aromatic nitrogens is 1. The first kappa shape index (κ1) is 15.9. The number of pyridine rings is 1. The molecular weight excluding hydrogens is 243 g/mol. The highest BCUT2D eigenvalue weighted by atomic mass is 19.1. The Morgan fingerprint density at radius 1 is 1.37 bits per heavy atom. The van der Waals surface area contributed by atoms with Crippen LogP contribution in [0.25, 0.3) is 0 Å². The third kappa shape index (κ3) is 6.01. The van der Waals surface area contributed by atoms with Gasteiger partial charge in [0.05, 0.1) is 12.9 Å². The lowest BCUT2D eigenvalue weighted by Crippen LogP contribution is -2.46. The summed E-state index contributed by atoms with van der Waals surface area (Å²) >= 11 is 0. The molecule has 1 atom stereocenters. The minimum atomic E-state index is -0.239. The number of rotatable bonds is 7. The number of ether oxygens (including phenoxy) is 1. The minimum Gasteiger partial charge on any atom is -0.490 e. The molecule has 0 saturated carbocycles. The van der Waals surface area contributed by atoms with E-state index in [4.69, 9.17) is 4.74 Å². The second-order valence-electron chi connectivity index (χ2n) is 4.43. The number of halogens is 1. The normalized spacial score (nSPS) is 17.1. The van der Waals surface area contributed by atoms with Crippen molar-refractivity contribution in [3.8, 4) is 5.75 Å². The summed E-state index contributed by atoms with van der Waals surface area (Å²) in [5.41, 5.74) is 1.12. The molecule has 0 aromatic carbocycles. The maximum atomic E-state index is 12.0. The molecule has 1 fully saturated rings. The van der Waals surface area contributed by atoms with Crippen molar-refractivity contribution in [2.45, 2.75) is 45.6 Å². The SMILES string of the molecule is CC.FCCCCc1cncc(OCC2CCN2)c1. The van der Waals surface area contributed by atoms with Crippen LogP contribution in [0.15, 0.2) is 18.5 Å². The van der Waals surface area contributed by atoms with Gasteiger partial charge >= 0.3 is 0 Å². The van der Waals surface area contributed by atoms with Gasteiger partial charge in [-0.25, -0.2) is 0 Å². The molecule has 1 unspecified atom stereocenters. The lowest BCUT2D eigenvalue weighted by Gasteiger charge is -2.27. The van der Waals surface area contributed by atoms with Crippen LogP contribution in [0.4, 0.5) is 4.39 Å². The van der Waals surface area contributed by atoms with E-state index in [1.165, 1.54) is 6.42 Å². The molecule has 0 amide bonds. The number of aryl methyl sites for hydroxylation is 1. The quantitative estimate of drug-likeness (QED) is 0.771. The van der Waals surface area contributed by atoms with E-state index in [-0.39, 0.29) is 6.67 Å². The van der Waals surface area contributed by atoms with E-state index < -0.39 is 0 Å². The van der Waals surface area contributed by atoms with Crippen LogP contribution in [-0.2, 0) is 6.42 Å². The van der Waals surface area contributed by atoms with Crippen molar-refractivity contribution in [2.24, 2.45) is 0 Å². The van der Waals surface area contributed by atoms with Gasteiger partial charge in [-0.3, -0.25) is 9.37 Å². The molecule has 1 aromatic heterocycles. The molecule has 1 aromatic rings. The van der Waals surface area contributed by atoms with Crippen LogP contribution in [0.5, 0.6) is 5.75 Å². The Balaban J connectivity index is 0.000000861. The van der Waals surface area contributed by atoms with Crippen LogP contribution in [-0.4, -0.2) is 30.9 Å². The summed E-state index contributed by atoms with van der Waals surface area (Å²) in [6.07, 6.45) is 7.10. The standard InChI is InChI=1S/C13H19FN2O.C2H6/c14-5-2-1-3-11-7-13(9-15-8-11)17-10-12-4-6-16-12;1-2/h7-9,12,16H,1-6,10H2;1-2H3. The van der Waals surface area contributed by atoms with Gasteiger partial charge < -0.3 is 10.1 Å². The second kappa shape index (κ2) is 9.73. The largest absolute Gasteiger partial charge is 0.490 e. The zero-order valence-electron chi connectivity index (χ0n) is 12.0. The Kier molecular flexibility index (Phi) is 8.14. The topological polar surface area (TPSA) is 34.1 Å². The van der Waals surface area contributed by atoms with Crippen molar-refractivity contribution in [1.82, 2.24) is 10.3 Å². The molecule has 0 radical (unpaired) electrons. The lowest BCUT2D eigenvalue weighted by molar-refractivity contribution is 0.217. The number of nitrogens with one attached hydrogen (secondary N) is 1. The van der Waals surface area contributed by atoms with E-state index in [9.17, 15) is 4.39 Å². The van der Waals surface area contributed by atoms with Crippen molar-refractivity contribution in [1.29, 1.82) is 0 Å². The van der Waals surface area contributed by atoms with Crippen LogP contribution < -0.4 is 10.1 Å². The Bertz CT molecular complexity index is 343. The van der Waals surface area contributed by atoms with Crippen LogP contribution in [0.1, 0.15) is 38.7 Å². The summed E-state index contributed by atoms with van der Waals surface area (Å²) in [7, 11) is 0. The van der Waals surface area contributed by atoms with Gasteiger partial charge in [0.1, 0.15) is 12.4 Å². The molecule has 1 saturated heterocycles. The van der Waals surface area contributed by atoms with E-state index in [1.54, 1.807) is 6.20 Å². The summed E-state index contributed by atoms with van der Waals surface area (Å²) in [5.74, 6) is 0.816. The Morgan fingerprint density at radius 2 is 2.16 bits per heavy atom. The Morgan fingerprint density at radius 3 is 2.79 bits per heavy atom. The number of nitrogens with zero attached hydrogens (tertiary/aromatic N) is 1. The van der Waals surface area contributed by atoms with E-state index in [2.05, 4.69) is 10.3 Å². The fourth-order valence-corrected chi connectivity index (χ4v) is 1.79. The first-order valence-corrected chi connectivity index (χ1v) is 7.24. The van der Waals surface area contributed by atoms with Crippen molar-refractivity contribution >= 4 is 0 Å². The molecule has 4 heteroatoms. The zero-order chi connectivity index (χ0) is 13.9. The van der Waals surface area contributed by atoms with Crippen molar-refractivity contribution < 1.29 is 9.13 Å². The molecule has 1 aliphatic heterocycles. The first-order chi connectivity index (χ1) is 9.38. The van der Waals surface area contributed by atoms with Gasteiger partial charge in [0.2, 0.25) is 0 Å². The van der Waals surface area contributed by atoms with Crippen molar-refractivity contribution in [3.63, 3.8) is 0 Å². The van der Waals surface area contributed by atoms with Crippen molar-refractivity contribution in [3.05, 3.63) is 24.0 Å². The smallest absolute Gasteiger partial charge is 0.137 e. The van der Waals surface area contributed by atoms with E-state index in [1.807, 2.05) is 26.1 Å². The fraction of sp³-hybridized carbons (Fsp3) is 0.667. The molecule has 1 N–H and O–H groups in total. The molecule has 108 valence electrons. The van der Waals surface area contributed by atoms with Gasteiger partial charge in [0.15, 0.2) is 0 Å². The molecule has 0 spiro atoms. The molecular formula is C15H25FN2O. The summed E-state index contributed by atoms with van der Waals surface area (Å²) in [5, 5.41) is 3.29. The second-order valence-corrected chi connectivity index (χ2v) is 4.43. The highest BCUT2D eigenvalue weighted by molar-refractivity contribution is 5.23. The van der Waals surface area contributed by atoms with E-state index in [0.717, 1.165) is 30.7 Å². The number of unbranched alkanes of at least 4 members (excludes halogenated alkanes) is 1. The lowest BCUT2D eigenvalue weighted by atomic mass is 10.1. The Labute approximate surface area is 115 Å². The maximum absolute atomic E-state index is 12.0. The van der Waals surface area contributed by atoms with Gasteiger partial charge in [-0.2, -0.15) is 0 Å². The highest BCUT2D eigenvalue weighted by Gasteiger charge is 2.16. The van der Waals surface area contributed by atoms with Gasteiger partial charge in [-0.05, 0) is 43.9 Å². The predicted molar refractivity (Wildman–Crippen MR) is 76.4 cm³/mol. The summed E-state index contributed by atoms with van der Waals surface area (Å²) < 4.78 is 17.6. The minimum absolute atomic E-state index is 0.239. The van der Waals surface area contributed by atoms with Gasteiger partial charge in [0.25, 0.3) is 0 Å². The molecule has 0 bridgehead atoms. The van der Waals surface area contributed by atoms with Crippen molar-refractivity contribution in [2.75, 3.05) is 19.8 Å². The fourth-order valence-electron chi connectivity index (χ4n) is 1.79. The van der Waals surface area contributed by atoms with Crippen LogP contribution in [0.2, 0.25) is 0 Å². The summed E-state index contributed by atoms with van der Waals surface area (Å²) in [6.45, 7) is 5.56. The number of hydrogen-bond acceptors (Lipinski definition) is 3. The summed E-state index contributed by atoms with van der Waals surface area (Å²) in [6, 6.07) is 2.49. The van der Waals surface area contributed by atoms with E-state index >= 15 is 0 Å². The predicted octanol–water partition coefficient (Wildman–Crippen LogP) is 3.14. The monoisotopic (exact) mass is 268 g/mol. The van der Waals surface area contributed by atoms with Crippen LogP contribution in [0, 0.1) is 0 Å². The van der Waals surface area contributed by atoms with Crippen LogP contribution in [0.3, 0.4) is 0 Å². The molecule has 0 aliphatic carbocycles. The number of alkyl halides is 1. The molecule has 2 heterocycles. The third-order valence-corrected chi connectivity index (χ3v) is 3.00. The average molecular weight is 268 g/mol. The van der Waals surface area contributed by atoms with Gasteiger partial charge in [-0.15, -0.1) is 0 Å². The first-order valence-electron chi connectivity index (χ1n) is 7.24.